The first-order valence-electron chi connectivity index (χ1n) is 7.05. The van der Waals surface area contributed by atoms with Gasteiger partial charge in [-0.05, 0) is 49.4 Å². The molecule has 1 aromatic rings. The van der Waals surface area contributed by atoms with Crippen molar-refractivity contribution in [3.05, 3.63) is 41.0 Å². The van der Waals surface area contributed by atoms with E-state index in [1.165, 1.54) is 36.8 Å². The third-order valence-corrected chi connectivity index (χ3v) is 3.84. The van der Waals surface area contributed by atoms with Gasteiger partial charge in [0.25, 0.3) is 0 Å². The van der Waals surface area contributed by atoms with E-state index in [1.807, 2.05) is 0 Å². The van der Waals surface area contributed by atoms with Crippen LogP contribution in [0.4, 0.5) is 0 Å². The fraction of sp³-hybridized carbons (Fsp3) is 0.500. The lowest BCUT2D eigenvalue weighted by atomic mass is 10.1. The van der Waals surface area contributed by atoms with Gasteiger partial charge in [-0.1, -0.05) is 23.8 Å². The van der Waals surface area contributed by atoms with Gasteiger partial charge >= 0.3 is 0 Å². The van der Waals surface area contributed by atoms with E-state index in [-0.39, 0.29) is 0 Å². The highest BCUT2D eigenvalue weighted by atomic mass is 16.5. The van der Waals surface area contributed by atoms with Gasteiger partial charge in [-0.3, -0.25) is 0 Å². The monoisotopic (exact) mass is 243 g/mol. The van der Waals surface area contributed by atoms with E-state index < -0.39 is 0 Å². The molecule has 96 valence electrons. The Bertz CT molecular complexity index is 450. The Morgan fingerprint density at radius 3 is 3.11 bits per heavy atom. The van der Waals surface area contributed by atoms with Crippen LogP contribution in [0.15, 0.2) is 29.8 Å². The average molecular weight is 243 g/mol. The van der Waals surface area contributed by atoms with E-state index in [9.17, 15) is 0 Å². The van der Waals surface area contributed by atoms with Crippen LogP contribution in [0, 0.1) is 0 Å². The van der Waals surface area contributed by atoms with E-state index in [4.69, 9.17) is 4.74 Å². The zero-order valence-corrected chi connectivity index (χ0v) is 10.9. The lowest BCUT2D eigenvalue weighted by Crippen LogP contribution is -2.15. The lowest BCUT2D eigenvalue weighted by molar-refractivity contribution is 0.357. The van der Waals surface area contributed by atoms with Crippen molar-refractivity contribution in [1.29, 1.82) is 0 Å². The lowest BCUT2D eigenvalue weighted by Gasteiger charge is -2.07. The second kappa shape index (κ2) is 5.57. The minimum atomic E-state index is 0.848. The Kier molecular flexibility index (Phi) is 3.65. The maximum Gasteiger partial charge on any atom is 0.122 e. The van der Waals surface area contributed by atoms with Gasteiger partial charge in [0.1, 0.15) is 5.75 Å². The predicted molar refractivity (Wildman–Crippen MR) is 73.9 cm³/mol. The summed E-state index contributed by atoms with van der Waals surface area (Å²) in [6.07, 6.45) is 8.66. The van der Waals surface area contributed by atoms with Gasteiger partial charge in [-0.25, -0.2) is 0 Å². The molecule has 1 N–H and O–H groups in total. The normalized spacial score (nSPS) is 17.4. The van der Waals surface area contributed by atoms with E-state index in [0.29, 0.717) is 0 Å². The topological polar surface area (TPSA) is 21.3 Å². The Labute approximate surface area is 109 Å². The predicted octanol–water partition coefficient (Wildman–Crippen LogP) is 3.21. The number of ether oxygens (including phenoxy) is 1. The Balaban J connectivity index is 1.45. The Hall–Kier alpha value is -1.28. The van der Waals surface area contributed by atoms with Gasteiger partial charge < -0.3 is 10.1 Å². The van der Waals surface area contributed by atoms with E-state index in [2.05, 4.69) is 29.6 Å². The van der Waals surface area contributed by atoms with Crippen molar-refractivity contribution in [3.8, 4) is 5.75 Å². The quantitative estimate of drug-likeness (QED) is 0.633. The molecule has 0 spiro atoms. The summed E-state index contributed by atoms with van der Waals surface area (Å²) in [5.41, 5.74) is 4.39. The summed E-state index contributed by atoms with van der Waals surface area (Å²) >= 11 is 0. The summed E-state index contributed by atoms with van der Waals surface area (Å²) in [6.45, 7) is 2.92. The van der Waals surface area contributed by atoms with Gasteiger partial charge in [0.2, 0.25) is 0 Å². The summed E-state index contributed by atoms with van der Waals surface area (Å²) in [5.74, 6) is 1.08. The first-order valence-corrected chi connectivity index (χ1v) is 7.05. The molecule has 0 atom stereocenters. The molecule has 2 aliphatic rings. The molecule has 0 saturated heterocycles. The number of nitrogens with one attached hydrogen (secondary N) is 1. The largest absolute Gasteiger partial charge is 0.493 e. The van der Waals surface area contributed by atoms with Crippen LogP contribution in [0.5, 0.6) is 5.75 Å². The van der Waals surface area contributed by atoms with Crippen molar-refractivity contribution in [3.63, 3.8) is 0 Å². The molecule has 0 bridgehead atoms. The standard InChI is InChI=1S/C16H21NO/c1-2-4-13(3-1)7-9-17-12-14-5-6-16-15(11-14)8-10-18-16/h3,5-6,11,17H,1-2,4,7-10,12H2. The summed E-state index contributed by atoms with van der Waals surface area (Å²) in [4.78, 5) is 0. The molecule has 0 aromatic heterocycles. The van der Waals surface area contributed by atoms with Crippen LogP contribution < -0.4 is 10.1 Å². The van der Waals surface area contributed by atoms with E-state index in [1.54, 1.807) is 5.57 Å². The van der Waals surface area contributed by atoms with Gasteiger partial charge in [0.15, 0.2) is 0 Å². The van der Waals surface area contributed by atoms with Crippen molar-refractivity contribution < 1.29 is 4.74 Å². The van der Waals surface area contributed by atoms with Crippen LogP contribution >= 0.6 is 0 Å². The molecule has 1 aliphatic heterocycles. The summed E-state index contributed by atoms with van der Waals surface area (Å²) in [7, 11) is 0. The van der Waals surface area contributed by atoms with Crippen LogP contribution in [0.1, 0.15) is 36.8 Å². The number of rotatable bonds is 5. The first kappa shape index (κ1) is 11.8. The molecule has 0 amide bonds. The number of allylic oxidation sites excluding steroid dienone is 1. The smallest absolute Gasteiger partial charge is 0.122 e. The molecule has 2 nitrogen and oxygen atoms in total. The molecule has 0 fully saturated rings. The summed E-state index contributed by atoms with van der Waals surface area (Å²) < 4.78 is 5.52. The molecular weight excluding hydrogens is 222 g/mol. The summed E-state index contributed by atoms with van der Waals surface area (Å²) in [5, 5.41) is 3.54. The number of benzene rings is 1. The molecule has 2 heteroatoms. The molecular formula is C16H21NO. The highest BCUT2D eigenvalue weighted by molar-refractivity contribution is 5.39. The van der Waals surface area contributed by atoms with Crippen molar-refractivity contribution in [1.82, 2.24) is 5.32 Å². The Morgan fingerprint density at radius 1 is 1.22 bits per heavy atom. The van der Waals surface area contributed by atoms with Crippen LogP contribution in [-0.4, -0.2) is 13.2 Å². The molecule has 18 heavy (non-hydrogen) atoms. The number of fused-ring (bicyclic) bond motifs is 1. The van der Waals surface area contributed by atoms with Crippen LogP contribution in [0.25, 0.3) is 0 Å². The van der Waals surface area contributed by atoms with Crippen molar-refractivity contribution in [2.75, 3.05) is 13.2 Å². The summed E-state index contributed by atoms with van der Waals surface area (Å²) in [6, 6.07) is 6.56. The van der Waals surface area contributed by atoms with Gasteiger partial charge in [-0.15, -0.1) is 0 Å². The molecule has 3 rings (SSSR count). The van der Waals surface area contributed by atoms with E-state index in [0.717, 1.165) is 31.9 Å². The second-order valence-corrected chi connectivity index (χ2v) is 5.22. The molecule has 0 unspecified atom stereocenters. The SMILES string of the molecule is C1=C(CCNCc2ccc3c(c2)CCO3)CCC1. The molecule has 1 aliphatic carbocycles. The highest BCUT2D eigenvalue weighted by Gasteiger charge is 2.11. The highest BCUT2D eigenvalue weighted by Crippen LogP contribution is 2.25. The minimum Gasteiger partial charge on any atom is -0.493 e. The molecule has 0 radical (unpaired) electrons. The minimum absolute atomic E-state index is 0.848. The van der Waals surface area contributed by atoms with Gasteiger partial charge in [0.05, 0.1) is 6.61 Å². The van der Waals surface area contributed by atoms with Crippen LogP contribution in [-0.2, 0) is 13.0 Å². The maximum atomic E-state index is 5.52. The molecule has 1 aromatic carbocycles. The fourth-order valence-corrected chi connectivity index (χ4v) is 2.80. The van der Waals surface area contributed by atoms with Crippen molar-refractivity contribution >= 4 is 0 Å². The van der Waals surface area contributed by atoms with E-state index >= 15 is 0 Å². The third kappa shape index (κ3) is 2.75. The Morgan fingerprint density at radius 2 is 2.22 bits per heavy atom. The van der Waals surface area contributed by atoms with Gasteiger partial charge in [0, 0.05) is 13.0 Å². The fourth-order valence-electron chi connectivity index (χ4n) is 2.80. The van der Waals surface area contributed by atoms with Crippen LogP contribution in [0.3, 0.4) is 0 Å². The zero-order chi connectivity index (χ0) is 12.2. The molecule has 1 heterocycles. The van der Waals surface area contributed by atoms with Gasteiger partial charge in [-0.2, -0.15) is 0 Å². The van der Waals surface area contributed by atoms with Crippen molar-refractivity contribution in [2.24, 2.45) is 0 Å². The van der Waals surface area contributed by atoms with Crippen molar-refractivity contribution in [2.45, 2.75) is 38.6 Å². The van der Waals surface area contributed by atoms with Crippen LogP contribution in [0.2, 0.25) is 0 Å². The second-order valence-electron chi connectivity index (χ2n) is 5.22. The zero-order valence-electron chi connectivity index (χ0n) is 10.9. The number of hydrogen-bond acceptors (Lipinski definition) is 2. The maximum absolute atomic E-state index is 5.52. The first-order chi connectivity index (χ1) is 8.92. The third-order valence-electron chi connectivity index (χ3n) is 3.84. The number of hydrogen-bond donors (Lipinski definition) is 1. The average Bonchev–Trinajstić information content (AvgIpc) is 3.05. The molecule has 0 saturated carbocycles.